The van der Waals surface area contributed by atoms with E-state index in [0.717, 1.165) is 43.5 Å². The lowest BCUT2D eigenvalue weighted by molar-refractivity contribution is -0.137. The van der Waals surface area contributed by atoms with E-state index in [2.05, 4.69) is 5.32 Å². The number of benzene rings is 1. The molecule has 1 aromatic rings. The number of carbonyl (C=O) groups excluding carboxylic acids is 1. The standard InChI is InChI=1S/C16H21F3N2O/c17-16(18,19)14-7-5-13(6-8-14)12-20-9-11-21-10-3-1-2-4-15(21)22/h5-8,20H,1-4,9-12H2. The van der Waals surface area contributed by atoms with Gasteiger partial charge in [-0.25, -0.2) is 0 Å². The second kappa shape index (κ2) is 7.63. The summed E-state index contributed by atoms with van der Waals surface area (Å²) in [6, 6.07) is 5.14. The second-order valence-electron chi connectivity index (χ2n) is 5.56. The van der Waals surface area contributed by atoms with Crippen molar-refractivity contribution in [2.24, 2.45) is 0 Å². The van der Waals surface area contributed by atoms with E-state index in [0.29, 0.717) is 26.1 Å². The molecule has 22 heavy (non-hydrogen) atoms. The Morgan fingerprint density at radius 2 is 1.82 bits per heavy atom. The molecule has 122 valence electrons. The van der Waals surface area contributed by atoms with Crippen LogP contribution in [0.5, 0.6) is 0 Å². The number of alkyl halides is 3. The van der Waals surface area contributed by atoms with Crippen LogP contribution in [-0.2, 0) is 17.5 Å². The lowest BCUT2D eigenvalue weighted by atomic mass is 10.1. The average molecular weight is 314 g/mol. The van der Waals surface area contributed by atoms with E-state index in [4.69, 9.17) is 0 Å². The maximum atomic E-state index is 12.4. The molecule has 1 fully saturated rings. The smallest absolute Gasteiger partial charge is 0.341 e. The van der Waals surface area contributed by atoms with Crippen molar-refractivity contribution in [2.45, 2.75) is 38.4 Å². The molecule has 0 bridgehead atoms. The van der Waals surface area contributed by atoms with Crippen molar-refractivity contribution in [3.63, 3.8) is 0 Å². The number of carbonyl (C=O) groups is 1. The Morgan fingerprint density at radius 1 is 1.09 bits per heavy atom. The molecule has 1 heterocycles. The van der Waals surface area contributed by atoms with Crippen molar-refractivity contribution in [1.82, 2.24) is 10.2 Å². The minimum absolute atomic E-state index is 0.203. The van der Waals surface area contributed by atoms with Crippen LogP contribution in [-0.4, -0.2) is 30.4 Å². The Hall–Kier alpha value is -1.56. The predicted molar refractivity (Wildman–Crippen MR) is 78.2 cm³/mol. The fraction of sp³-hybridized carbons (Fsp3) is 0.562. The van der Waals surface area contributed by atoms with Crippen LogP contribution in [0, 0.1) is 0 Å². The maximum absolute atomic E-state index is 12.4. The van der Waals surface area contributed by atoms with E-state index in [1.807, 2.05) is 4.90 Å². The van der Waals surface area contributed by atoms with Gasteiger partial charge in [-0.1, -0.05) is 18.6 Å². The van der Waals surface area contributed by atoms with E-state index in [-0.39, 0.29) is 5.91 Å². The zero-order valence-electron chi connectivity index (χ0n) is 12.5. The molecule has 1 aromatic carbocycles. The molecule has 0 spiro atoms. The summed E-state index contributed by atoms with van der Waals surface area (Å²) >= 11 is 0. The molecule has 0 saturated carbocycles. The summed E-state index contributed by atoms with van der Waals surface area (Å²) in [5.74, 6) is 0.203. The molecule has 0 unspecified atom stereocenters. The molecular weight excluding hydrogens is 293 g/mol. The zero-order chi connectivity index (χ0) is 16.0. The molecule has 0 aromatic heterocycles. The van der Waals surface area contributed by atoms with Crippen molar-refractivity contribution < 1.29 is 18.0 Å². The maximum Gasteiger partial charge on any atom is 0.416 e. The molecule has 0 atom stereocenters. The normalized spacial score (nSPS) is 16.7. The summed E-state index contributed by atoms with van der Waals surface area (Å²) in [5, 5.41) is 3.17. The van der Waals surface area contributed by atoms with Gasteiger partial charge >= 0.3 is 6.18 Å². The van der Waals surface area contributed by atoms with E-state index in [1.54, 1.807) is 0 Å². The first kappa shape index (κ1) is 16.8. The van der Waals surface area contributed by atoms with E-state index in [1.165, 1.54) is 12.1 Å². The average Bonchev–Trinajstić information content (AvgIpc) is 2.68. The third-order valence-corrected chi connectivity index (χ3v) is 3.84. The quantitative estimate of drug-likeness (QED) is 0.847. The fourth-order valence-corrected chi connectivity index (χ4v) is 2.53. The molecule has 0 radical (unpaired) electrons. The van der Waals surface area contributed by atoms with Crippen molar-refractivity contribution in [2.75, 3.05) is 19.6 Å². The van der Waals surface area contributed by atoms with Crippen molar-refractivity contribution in [3.8, 4) is 0 Å². The number of hydrogen-bond donors (Lipinski definition) is 1. The third kappa shape index (κ3) is 5.02. The van der Waals surface area contributed by atoms with Gasteiger partial charge < -0.3 is 10.2 Å². The highest BCUT2D eigenvalue weighted by atomic mass is 19.4. The minimum atomic E-state index is -4.29. The van der Waals surface area contributed by atoms with Crippen LogP contribution in [0.4, 0.5) is 13.2 Å². The number of amides is 1. The number of nitrogens with zero attached hydrogens (tertiary/aromatic N) is 1. The SMILES string of the molecule is O=C1CCCCCN1CCNCc1ccc(C(F)(F)F)cc1. The van der Waals surface area contributed by atoms with Crippen LogP contribution in [0.25, 0.3) is 0 Å². The molecule has 0 aliphatic carbocycles. The zero-order valence-corrected chi connectivity index (χ0v) is 12.5. The highest BCUT2D eigenvalue weighted by Gasteiger charge is 2.29. The number of halogens is 3. The van der Waals surface area contributed by atoms with Crippen LogP contribution < -0.4 is 5.32 Å². The summed E-state index contributed by atoms with van der Waals surface area (Å²) in [4.78, 5) is 13.7. The van der Waals surface area contributed by atoms with Crippen molar-refractivity contribution in [3.05, 3.63) is 35.4 Å². The number of nitrogens with one attached hydrogen (secondary N) is 1. The van der Waals surface area contributed by atoms with Crippen LogP contribution in [0.2, 0.25) is 0 Å². The summed E-state index contributed by atoms with van der Waals surface area (Å²) in [5.41, 5.74) is 0.168. The van der Waals surface area contributed by atoms with Crippen LogP contribution in [0.1, 0.15) is 36.8 Å². The van der Waals surface area contributed by atoms with Gasteiger partial charge in [0.05, 0.1) is 5.56 Å². The molecule has 2 rings (SSSR count). The number of rotatable bonds is 5. The first-order valence-corrected chi connectivity index (χ1v) is 7.61. The predicted octanol–water partition coefficient (Wildman–Crippen LogP) is 3.20. The van der Waals surface area contributed by atoms with Gasteiger partial charge in [0, 0.05) is 32.6 Å². The summed E-state index contributed by atoms with van der Waals surface area (Å²) in [6.07, 6.45) is -0.557. The van der Waals surface area contributed by atoms with Gasteiger partial charge in [-0.2, -0.15) is 13.2 Å². The van der Waals surface area contributed by atoms with Gasteiger partial charge in [-0.05, 0) is 30.5 Å². The molecular formula is C16H21F3N2O. The molecule has 1 aliphatic rings. The Morgan fingerprint density at radius 3 is 2.50 bits per heavy atom. The molecule has 1 amide bonds. The monoisotopic (exact) mass is 314 g/mol. The van der Waals surface area contributed by atoms with Crippen molar-refractivity contribution >= 4 is 5.91 Å². The summed E-state index contributed by atoms with van der Waals surface area (Å²) in [6.45, 7) is 2.60. The van der Waals surface area contributed by atoms with Gasteiger partial charge in [0.15, 0.2) is 0 Å². The van der Waals surface area contributed by atoms with Crippen LogP contribution in [0.3, 0.4) is 0 Å². The molecule has 3 nitrogen and oxygen atoms in total. The lowest BCUT2D eigenvalue weighted by Gasteiger charge is -2.20. The Bertz CT molecular complexity index is 485. The topological polar surface area (TPSA) is 32.3 Å². The summed E-state index contributed by atoms with van der Waals surface area (Å²) in [7, 11) is 0. The Balaban J connectivity index is 1.73. The van der Waals surface area contributed by atoms with Crippen molar-refractivity contribution in [1.29, 1.82) is 0 Å². The van der Waals surface area contributed by atoms with E-state index in [9.17, 15) is 18.0 Å². The molecule has 1 aliphatic heterocycles. The molecule has 6 heteroatoms. The minimum Gasteiger partial charge on any atom is -0.341 e. The first-order chi connectivity index (χ1) is 10.5. The number of likely N-dealkylation sites (tertiary alicyclic amines) is 1. The molecule has 1 saturated heterocycles. The number of hydrogen-bond acceptors (Lipinski definition) is 2. The van der Waals surface area contributed by atoms with E-state index < -0.39 is 11.7 Å². The second-order valence-corrected chi connectivity index (χ2v) is 5.56. The lowest BCUT2D eigenvalue weighted by Crippen LogP contribution is -2.36. The van der Waals surface area contributed by atoms with Crippen LogP contribution >= 0.6 is 0 Å². The highest BCUT2D eigenvalue weighted by Crippen LogP contribution is 2.29. The summed E-state index contributed by atoms with van der Waals surface area (Å²) < 4.78 is 37.3. The van der Waals surface area contributed by atoms with Gasteiger partial charge in [-0.3, -0.25) is 4.79 Å². The molecule has 1 N–H and O–H groups in total. The largest absolute Gasteiger partial charge is 0.416 e. The highest BCUT2D eigenvalue weighted by molar-refractivity contribution is 5.76. The van der Waals surface area contributed by atoms with Crippen LogP contribution in [0.15, 0.2) is 24.3 Å². The fourth-order valence-electron chi connectivity index (χ4n) is 2.53. The van der Waals surface area contributed by atoms with Gasteiger partial charge in [-0.15, -0.1) is 0 Å². The van der Waals surface area contributed by atoms with Gasteiger partial charge in [0.25, 0.3) is 0 Å². The third-order valence-electron chi connectivity index (χ3n) is 3.84. The Labute approximate surface area is 128 Å². The first-order valence-electron chi connectivity index (χ1n) is 7.61. The van der Waals surface area contributed by atoms with E-state index >= 15 is 0 Å². The van der Waals surface area contributed by atoms with Gasteiger partial charge in [0.1, 0.15) is 0 Å². The Kier molecular flexibility index (Phi) is 5.83. The van der Waals surface area contributed by atoms with Gasteiger partial charge in [0.2, 0.25) is 5.91 Å².